The van der Waals surface area contributed by atoms with E-state index < -0.39 is 23.6 Å². The highest BCUT2D eigenvalue weighted by Crippen LogP contribution is 2.39. The van der Waals surface area contributed by atoms with Crippen LogP contribution in [0.15, 0.2) is 61.2 Å². The Morgan fingerprint density at radius 2 is 1.82 bits per heavy atom. The summed E-state index contributed by atoms with van der Waals surface area (Å²) in [7, 11) is 1.32. The Kier molecular flexibility index (Phi) is 10.4. The van der Waals surface area contributed by atoms with Crippen LogP contribution >= 0.6 is 0 Å². The fraction of sp³-hybridized carbons (Fsp3) is 0.421. The molecule has 1 aliphatic rings. The van der Waals surface area contributed by atoms with Gasteiger partial charge in [-0.25, -0.2) is 14.6 Å². The van der Waals surface area contributed by atoms with Gasteiger partial charge in [-0.1, -0.05) is 24.3 Å². The van der Waals surface area contributed by atoms with E-state index in [9.17, 15) is 14.7 Å². The fourth-order valence-electron chi connectivity index (χ4n) is 6.12. The molecular formula is C38H46N4O7. The summed E-state index contributed by atoms with van der Waals surface area (Å²) in [6.07, 6.45) is 2.21. The van der Waals surface area contributed by atoms with Crippen molar-refractivity contribution in [2.45, 2.75) is 71.7 Å². The number of ether oxygens (including phenoxy) is 4. The van der Waals surface area contributed by atoms with Crippen LogP contribution in [0, 0.1) is 6.92 Å². The number of benzene rings is 2. The Hall–Kier alpha value is -4.74. The number of esters is 2. The van der Waals surface area contributed by atoms with Crippen LogP contribution in [-0.2, 0) is 23.7 Å². The lowest BCUT2D eigenvalue weighted by atomic mass is 9.92. The van der Waals surface area contributed by atoms with Gasteiger partial charge in [0.15, 0.2) is 11.8 Å². The summed E-state index contributed by atoms with van der Waals surface area (Å²) in [5.74, 6) is -0.249. The Morgan fingerprint density at radius 1 is 1.10 bits per heavy atom. The largest absolute Gasteiger partial charge is 0.507 e. The zero-order chi connectivity index (χ0) is 35.5. The van der Waals surface area contributed by atoms with Crippen molar-refractivity contribution < 1.29 is 33.6 Å². The van der Waals surface area contributed by atoms with E-state index in [1.54, 1.807) is 23.6 Å². The van der Waals surface area contributed by atoms with Gasteiger partial charge in [0.05, 0.1) is 48.3 Å². The number of rotatable bonds is 11. The fourth-order valence-corrected chi connectivity index (χ4v) is 6.12. The molecule has 1 N–H and O–H groups in total. The molecule has 11 nitrogen and oxygen atoms in total. The van der Waals surface area contributed by atoms with Gasteiger partial charge in [0.1, 0.15) is 11.6 Å². The number of hydrogen-bond acceptors (Lipinski definition) is 10. The van der Waals surface area contributed by atoms with Gasteiger partial charge in [0, 0.05) is 36.0 Å². The first kappa shape index (κ1) is 35.6. The van der Waals surface area contributed by atoms with Crippen molar-refractivity contribution in [3.63, 3.8) is 0 Å². The maximum Gasteiger partial charge on any atom is 0.340 e. The van der Waals surface area contributed by atoms with Gasteiger partial charge in [-0.3, -0.25) is 0 Å². The third-order valence-electron chi connectivity index (χ3n) is 8.60. The number of phenols is 1. The van der Waals surface area contributed by atoms with E-state index in [-0.39, 0.29) is 18.0 Å². The normalized spacial score (nSPS) is 15.2. The molecule has 1 saturated heterocycles. The van der Waals surface area contributed by atoms with Gasteiger partial charge in [0.2, 0.25) is 0 Å². The van der Waals surface area contributed by atoms with Gasteiger partial charge in [-0.05, 0) is 84.2 Å². The van der Waals surface area contributed by atoms with Crippen molar-refractivity contribution in [2.24, 2.45) is 0 Å². The van der Waals surface area contributed by atoms with Gasteiger partial charge in [-0.15, -0.1) is 6.58 Å². The zero-order valence-electron chi connectivity index (χ0n) is 29.4. The Labute approximate surface area is 287 Å². The monoisotopic (exact) mass is 670 g/mol. The highest BCUT2D eigenvalue weighted by atomic mass is 16.6. The molecule has 0 bridgehead atoms. The third-order valence-corrected chi connectivity index (χ3v) is 8.60. The molecule has 5 rings (SSSR count). The SMILES string of the molecule is C=CCOC1(C)CCN(c2c([C@H](OC(C)(C)C)C(=O)OCC)c(C)nc3cc(-c4cccc(-c5cc(C(=O)OC)ccc5O)c4)nn23)CC1. The van der Waals surface area contributed by atoms with Gasteiger partial charge in [0.25, 0.3) is 0 Å². The highest BCUT2D eigenvalue weighted by Gasteiger charge is 2.38. The van der Waals surface area contributed by atoms with Crippen LogP contribution in [0.3, 0.4) is 0 Å². The summed E-state index contributed by atoms with van der Waals surface area (Å²) < 4.78 is 24.8. The van der Waals surface area contributed by atoms with Crippen LogP contribution in [-0.4, -0.2) is 76.3 Å². The molecule has 260 valence electrons. The van der Waals surface area contributed by atoms with Crippen LogP contribution in [0.4, 0.5) is 5.82 Å². The van der Waals surface area contributed by atoms with Crippen molar-refractivity contribution >= 4 is 23.4 Å². The number of carbonyl (C=O) groups is 2. The van der Waals surface area contributed by atoms with Crippen LogP contribution < -0.4 is 4.90 Å². The van der Waals surface area contributed by atoms with Crippen LogP contribution in [0.25, 0.3) is 28.0 Å². The lowest BCUT2D eigenvalue weighted by Gasteiger charge is -2.41. The Bertz CT molecular complexity index is 1850. The Morgan fingerprint density at radius 3 is 2.47 bits per heavy atom. The molecule has 2 aromatic carbocycles. The summed E-state index contributed by atoms with van der Waals surface area (Å²) in [5, 5.41) is 15.8. The second-order valence-corrected chi connectivity index (χ2v) is 13.4. The molecule has 1 aliphatic heterocycles. The molecule has 49 heavy (non-hydrogen) atoms. The average molecular weight is 671 g/mol. The number of piperidine rings is 1. The first-order chi connectivity index (χ1) is 23.3. The summed E-state index contributed by atoms with van der Waals surface area (Å²) >= 11 is 0. The van der Waals surface area contributed by atoms with Crippen molar-refractivity contribution in [2.75, 3.05) is 38.3 Å². The predicted octanol–water partition coefficient (Wildman–Crippen LogP) is 6.84. The number of fused-ring (bicyclic) bond motifs is 1. The predicted molar refractivity (Wildman–Crippen MR) is 188 cm³/mol. The van der Waals surface area contributed by atoms with Crippen molar-refractivity contribution in [1.82, 2.24) is 14.6 Å². The number of aromatic hydroxyl groups is 1. The summed E-state index contributed by atoms with van der Waals surface area (Å²) in [4.78, 5) is 33.0. The number of nitrogens with zero attached hydrogens (tertiary/aromatic N) is 4. The average Bonchev–Trinajstić information content (AvgIpc) is 3.49. The minimum Gasteiger partial charge on any atom is -0.507 e. The lowest BCUT2D eigenvalue weighted by molar-refractivity contribution is -0.166. The molecule has 0 unspecified atom stereocenters. The standard InChI is InChI=1S/C38H46N4O7/c1-9-20-48-38(7)16-18-41(19-17-38)34-32(33(36(45)47-10-2)49-37(4,5)6)24(3)39-31-23-29(40-42(31)34)26-13-11-12-25(21-26)28-22-27(35(44)46-8)14-15-30(28)43/h9,11-15,21-23,33,43H,1,10,16-20H2,2-8H3/t33-/m0/s1. The van der Waals surface area contributed by atoms with E-state index in [0.717, 1.165) is 18.4 Å². The van der Waals surface area contributed by atoms with E-state index in [1.165, 1.54) is 19.2 Å². The van der Waals surface area contributed by atoms with Crippen LogP contribution in [0.1, 0.15) is 75.2 Å². The summed E-state index contributed by atoms with van der Waals surface area (Å²) in [6.45, 7) is 17.2. The van der Waals surface area contributed by atoms with E-state index in [1.807, 2.05) is 58.0 Å². The smallest absolute Gasteiger partial charge is 0.340 e. The minimum absolute atomic E-state index is 0.0297. The molecule has 11 heteroatoms. The first-order valence-electron chi connectivity index (χ1n) is 16.5. The maximum absolute atomic E-state index is 13.6. The quantitative estimate of drug-likeness (QED) is 0.134. The van der Waals surface area contributed by atoms with Crippen molar-refractivity contribution in [1.29, 1.82) is 0 Å². The third kappa shape index (κ3) is 7.79. The second kappa shape index (κ2) is 14.4. The number of phenolic OH excluding ortho intramolecular Hbond substituents is 1. The number of anilines is 1. The molecule has 0 aliphatic carbocycles. The topological polar surface area (TPSA) is 125 Å². The molecule has 4 aromatic rings. The highest BCUT2D eigenvalue weighted by molar-refractivity contribution is 5.92. The van der Waals surface area contributed by atoms with Gasteiger partial charge < -0.3 is 29.0 Å². The second-order valence-electron chi connectivity index (χ2n) is 13.4. The minimum atomic E-state index is -1.04. The number of methoxy groups -OCH3 is 1. The van der Waals surface area contributed by atoms with E-state index >= 15 is 0 Å². The van der Waals surface area contributed by atoms with Gasteiger partial charge in [-0.2, -0.15) is 9.61 Å². The Balaban J connectivity index is 1.66. The number of hydrogen-bond donors (Lipinski definition) is 1. The molecule has 0 radical (unpaired) electrons. The molecule has 1 fully saturated rings. The molecule has 3 heterocycles. The summed E-state index contributed by atoms with van der Waals surface area (Å²) in [5.41, 5.74) is 3.76. The zero-order valence-corrected chi connectivity index (χ0v) is 29.4. The molecule has 0 spiro atoms. The number of aryl methyl sites for hydroxylation is 1. The van der Waals surface area contributed by atoms with Crippen molar-refractivity contribution in [3.05, 3.63) is 78.0 Å². The van der Waals surface area contributed by atoms with Gasteiger partial charge >= 0.3 is 11.9 Å². The lowest BCUT2D eigenvalue weighted by Crippen LogP contribution is -2.45. The molecule has 0 amide bonds. The van der Waals surface area contributed by atoms with E-state index in [2.05, 4.69) is 18.4 Å². The van der Waals surface area contributed by atoms with E-state index in [0.29, 0.717) is 64.8 Å². The molecular weight excluding hydrogens is 624 g/mol. The van der Waals surface area contributed by atoms with E-state index in [4.69, 9.17) is 29.0 Å². The molecule has 2 aromatic heterocycles. The van der Waals surface area contributed by atoms with Crippen LogP contribution in [0.5, 0.6) is 5.75 Å². The van der Waals surface area contributed by atoms with Crippen molar-refractivity contribution in [3.8, 4) is 28.1 Å². The first-order valence-corrected chi connectivity index (χ1v) is 16.5. The number of aromatic nitrogens is 3. The number of carbonyl (C=O) groups excluding carboxylic acids is 2. The molecule has 1 atom stereocenters. The van der Waals surface area contributed by atoms with Crippen LogP contribution in [0.2, 0.25) is 0 Å². The summed E-state index contributed by atoms with van der Waals surface area (Å²) in [6, 6.07) is 14.0. The maximum atomic E-state index is 13.6. The molecule has 0 saturated carbocycles.